The molecule has 0 amide bonds. The van der Waals surface area contributed by atoms with E-state index in [-0.39, 0.29) is 12.5 Å². The summed E-state index contributed by atoms with van der Waals surface area (Å²) in [7, 11) is 1.82. The van der Waals surface area contributed by atoms with Crippen LogP contribution in [0.25, 0.3) is 0 Å². The Balaban J connectivity index is 3.80. The molecule has 0 spiro atoms. The summed E-state index contributed by atoms with van der Waals surface area (Å²) in [6, 6.07) is 0.215. The highest BCUT2D eigenvalue weighted by atomic mass is 19.4. The van der Waals surface area contributed by atoms with Gasteiger partial charge in [0.1, 0.15) is 0 Å². The average Bonchev–Trinajstić information content (AvgIpc) is 2.11. The van der Waals surface area contributed by atoms with E-state index in [0.29, 0.717) is 12.3 Å². The van der Waals surface area contributed by atoms with Gasteiger partial charge in [0.15, 0.2) is 0 Å². The van der Waals surface area contributed by atoms with Crippen molar-refractivity contribution in [1.82, 2.24) is 5.32 Å². The minimum atomic E-state index is -4.01. The largest absolute Gasteiger partial charge is 0.389 e. The molecule has 0 heterocycles. The molecule has 0 saturated carbocycles. The molecule has 92 valence electrons. The minimum absolute atomic E-state index is 0.215. The summed E-state index contributed by atoms with van der Waals surface area (Å²) >= 11 is 0. The summed E-state index contributed by atoms with van der Waals surface area (Å²) in [6.07, 6.45) is -1.69. The number of halogens is 3. The maximum Gasteiger partial charge on any atom is 0.389 e. The fraction of sp³-hybridized carbons (Fsp3) is 1.00. The lowest BCUT2D eigenvalue weighted by atomic mass is 9.93. The van der Waals surface area contributed by atoms with Crippen molar-refractivity contribution in [3.8, 4) is 0 Å². The van der Waals surface area contributed by atoms with Gasteiger partial charge < -0.3 is 5.32 Å². The molecule has 2 unspecified atom stereocenters. The summed E-state index contributed by atoms with van der Waals surface area (Å²) in [5.41, 5.74) is 0. The Morgan fingerprint density at radius 2 is 1.80 bits per heavy atom. The van der Waals surface area contributed by atoms with E-state index in [1.165, 1.54) is 0 Å². The molecule has 0 aromatic rings. The summed E-state index contributed by atoms with van der Waals surface area (Å²) in [5, 5.41) is 3.11. The van der Waals surface area contributed by atoms with Crippen LogP contribution in [0.2, 0.25) is 0 Å². The number of hydrogen-bond donors (Lipinski definition) is 1. The van der Waals surface area contributed by atoms with Crippen molar-refractivity contribution < 1.29 is 13.2 Å². The van der Waals surface area contributed by atoms with Crippen molar-refractivity contribution in [2.24, 2.45) is 5.92 Å². The molecular weight excluding hydrogens is 203 g/mol. The van der Waals surface area contributed by atoms with Crippen LogP contribution in [0.1, 0.15) is 46.0 Å². The van der Waals surface area contributed by atoms with E-state index in [1.807, 2.05) is 7.05 Å². The normalized spacial score (nSPS) is 16.4. The van der Waals surface area contributed by atoms with Gasteiger partial charge in [0, 0.05) is 12.5 Å². The van der Waals surface area contributed by atoms with E-state index >= 15 is 0 Å². The molecule has 0 aliphatic carbocycles. The van der Waals surface area contributed by atoms with Crippen molar-refractivity contribution in [3.63, 3.8) is 0 Å². The van der Waals surface area contributed by atoms with Crippen molar-refractivity contribution in [2.75, 3.05) is 7.05 Å². The van der Waals surface area contributed by atoms with Crippen molar-refractivity contribution in [3.05, 3.63) is 0 Å². The van der Waals surface area contributed by atoms with Crippen LogP contribution in [0.3, 0.4) is 0 Å². The number of hydrogen-bond acceptors (Lipinski definition) is 1. The van der Waals surface area contributed by atoms with Gasteiger partial charge in [-0.15, -0.1) is 0 Å². The first-order valence-electron chi connectivity index (χ1n) is 5.64. The predicted octanol–water partition coefficient (Wildman–Crippen LogP) is 3.74. The van der Waals surface area contributed by atoms with Gasteiger partial charge in [0.2, 0.25) is 0 Å². The molecule has 0 radical (unpaired) electrons. The zero-order chi connectivity index (χ0) is 11.9. The van der Waals surface area contributed by atoms with Gasteiger partial charge in [0.25, 0.3) is 0 Å². The second-order valence-corrected chi connectivity index (χ2v) is 4.17. The van der Waals surface area contributed by atoms with Crippen molar-refractivity contribution in [2.45, 2.75) is 58.2 Å². The number of alkyl halides is 3. The first kappa shape index (κ1) is 14.8. The van der Waals surface area contributed by atoms with Crippen LogP contribution >= 0.6 is 0 Å². The summed E-state index contributed by atoms with van der Waals surface area (Å²) in [6.45, 7) is 4.19. The third kappa shape index (κ3) is 7.65. The zero-order valence-corrected chi connectivity index (χ0v) is 9.82. The molecule has 2 atom stereocenters. The highest BCUT2D eigenvalue weighted by Gasteiger charge is 2.27. The molecule has 0 rings (SSSR count). The quantitative estimate of drug-likeness (QED) is 0.696. The summed E-state index contributed by atoms with van der Waals surface area (Å²) in [4.78, 5) is 0. The fourth-order valence-corrected chi connectivity index (χ4v) is 1.89. The van der Waals surface area contributed by atoms with Gasteiger partial charge in [-0.25, -0.2) is 0 Å². The molecule has 0 aliphatic rings. The highest BCUT2D eigenvalue weighted by Crippen LogP contribution is 2.24. The maximum atomic E-state index is 11.9. The van der Waals surface area contributed by atoms with Crippen LogP contribution in [0.4, 0.5) is 13.2 Å². The Labute approximate surface area is 90.4 Å². The molecule has 0 saturated heterocycles. The number of nitrogens with one attached hydrogen (secondary N) is 1. The standard InChI is InChI=1S/C11H22F3N/c1-4-6-9(2)10(15-3)7-5-8-11(12,13)14/h9-10,15H,4-8H2,1-3H3. The van der Waals surface area contributed by atoms with Gasteiger partial charge >= 0.3 is 6.18 Å². The van der Waals surface area contributed by atoms with Gasteiger partial charge in [-0.05, 0) is 32.2 Å². The third-order valence-corrected chi connectivity index (χ3v) is 2.78. The van der Waals surface area contributed by atoms with Crippen LogP contribution in [0, 0.1) is 5.92 Å². The Morgan fingerprint density at radius 3 is 2.20 bits per heavy atom. The minimum Gasteiger partial charge on any atom is -0.317 e. The van der Waals surface area contributed by atoms with Gasteiger partial charge in [-0.1, -0.05) is 20.3 Å². The second-order valence-electron chi connectivity index (χ2n) is 4.17. The molecule has 0 bridgehead atoms. The molecule has 0 aromatic carbocycles. The SMILES string of the molecule is CCCC(C)C(CCCC(F)(F)F)NC. The lowest BCUT2D eigenvalue weighted by molar-refractivity contribution is -0.136. The van der Waals surface area contributed by atoms with E-state index in [1.54, 1.807) is 0 Å². The lowest BCUT2D eigenvalue weighted by Crippen LogP contribution is -2.32. The molecule has 0 aliphatic heterocycles. The van der Waals surface area contributed by atoms with E-state index in [4.69, 9.17) is 0 Å². The van der Waals surface area contributed by atoms with E-state index in [9.17, 15) is 13.2 Å². The van der Waals surface area contributed by atoms with E-state index < -0.39 is 12.6 Å². The highest BCUT2D eigenvalue weighted by molar-refractivity contribution is 4.72. The molecule has 4 heteroatoms. The first-order valence-corrected chi connectivity index (χ1v) is 5.64. The van der Waals surface area contributed by atoms with Gasteiger partial charge in [-0.3, -0.25) is 0 Å². The van der Waals surface area contributed by atoms with Gasteiger partial charge in [0.05, 0.1) is 0 Å². The second kappa shape index (κ2) is 7.09. The van der Waals surface area contributed by atoms with Crippen LogP contribution in [-0.2, 0) is 0 Å². The first-order chi connectivity index (χ1) is 6.90. The summed E-state index contributed by atoms with van der Waals surface area (Å²) in [5.74, 6) is 0.452. The monoisotopic (exact) mass is 225 g/mol. The molecule has 0 aromatic heterocycles. The van der Waals surface area contributed by atoms with E-state index in [0.717, 1.165) is 12.8 Å². The lowest BCUT2D eigenvalue weighted by Gasteiger charge is -2.23. The topological polar surface area (TPSA) is 12.0 Å². The molecule has 15 heavy (non-hydrogen) atoms. The predicted molar refractivity (Wildman–Crippen MR) is 56.8 cm³/mol. The fourth-order valence-electron chi connectivity index (χ4n) is 1.89. The van der Waals surface area contributed by atoms with Crippen LogP contribution < -0.4 is 5.32 Å². The molecular formula is C11H22F3N. The Morgan fingerprint density at radius 1 is 1.20 bits per heavy atom. The Hall–Kier alpha value is -0.250. The maximum absolute atomic E-state index is 11.9. The Kier molecular flexibility index (Phi) is 6.98. The zero-order valence-electron chi connectivity index (χ0n) is 9.82. The molecule has 0 fully saturated rings. The summed E-state index contributed by atoms with van der Waals surface area (Å²) < 4.78 is 35.8. The Bertz CT molecular complexity index is 156. The average molecular weight is 225 g/mol. The van der Waals surface area contributed by atoms with Crippen molar-refractivity contribution in [1.29, 1.82) is 0 Å². The third-order valence-electron chi connectivity index (χ3n) is 2.78. The van der Waals surface area contributed by atoms with Crippen LogP contribution in [-0.4, -0.2) is 19.3 Å². The number of rotatable bonds is 7. The van der Waals surface area contributed by atoms with Gasteiger partial charge in [-0.2, -0.15) is 13.2 Å². The molecule has 1 N–H and O–H groups in total. The van der Waals surface area contributed by atoms with Crippen molar-refractivity contribution >= 4 is 0 Å². The molecule has 1 nitrogen and oxygen atoms in total. The van der Waals surface area contributed by atoms with E-state index in [2.05, 4.69) is 19.2 Å². The van der Waals surface area contributed by atoms with Crippen LogP contribution in [0.5, 0.6) is 0 Å². The smallest absolute Gasteiger partial charge is 0.317 e. The van der Waals surface area contributed by atoms with Crippen LogP contribution in [0.15, 0.2) is 0 Å².